The summed E-state index contributed by atoms with van der Waals surface area (Å²) in [6, 6.07) is 6.21. The molecule has 1 heterocycles. The van der Waals surface area contributed by atoms with Gasteiger partial charge in [-0.2, -0.15) is 0 Å². The van der Waals surface area contributed by atoms with Crippen LogP contribution in [0.25, 0.3) is 10.9 Å². The van der Waals surface area contributed by atoms with Gasteiger partial charge < -0.3 is 15.4 Å². The van der Waals surface area contributed by atoms with Gasteiger partial charge in [-0.3, -0.25) is 9.59 Å². The normalized spacial score (nSPS) is 20.9. The standard InChI is InChI=1S/C19H24N2O3/c1-12-4-2-7-16-15(11-21-17(12)16)8-9-20-18(22)13-5-3-6-14(10-13)19(23)24/h2,4,7,11,13-14,21H,3,5-6,8-10H2,1H3,(H,20,22)(H,23,24). The van der Waals surface area contributed by atoms with E-state index < -0.39 is 5.97 Å². The maximum atomic E-state index is 12.3. The summed E-state index contributed by atoms with van der Waals surface area (Å²) in [5.74, 6) is -1.31. The molecule has 0 spiro atoms. The van der Waals surface area contributed by atoms with Gasteiger partial charge in [-0.25, -0.2) is 0 Å². The highest BCUT2D eigenvalue weighted by molar-refractivity contribution is 5.86. The first-order valence-corrected chi connectivity index (χ1v) is 8.62. The third kappa shape index (κ3) is 3.45. The molecule has 0 saturated heterocycles. The highest BCUT2D eigenvalue weighted by atomic mass is 16.4. The van der Waals surface area contributed by atoms with Gasteiger partial charge in [0.25, 0.3) is 0 Å². The Morgan fingerprint density at radius 3 is 2.88 bits per heavy atom. The highest BCUT2D eigenvalue weighted by Gasteiger charge is 2.30. The smallest absolute Gasteiger partial charge is 0.306 e. The Labute approximate surface area is 141 Å². The number of carbonyl (C=O) groups excluding carboxylic acids is 1. The fourth-order valence-corrected chi connectivity index (χ4v) is 3.69. The summed E-state index contributed by atoms with van der Waals surface area (Å²) >= 11 is 0. The van der Waals surface area contributed by atoms with E-state index in [9.17, 15) is 9.59 Å². The molecule has 1 aromatic carbocycles. The SMILES string of the molecule is Cc1cccc2c(CCNC(=O)C3CCCC(C(=O)O)C3)c[nH]c12. The monoisotopic (exact) mass is 328 g/mol. The van der Waals surface area contributed by atoms with Crippen LogP contribution in [-0.4, -0.2) is 28.5 Å². The van der Waals surface area contributed by atoms with E-state index in [0.29, 0.717) is 19.4 Å². The van der Waals surface area contributed by atoms with Gasteiger partial charge in [0, 0.05) is 29.6 Å². The van der Waals surface area contributed by atoms with Gasteiger partial charge in [-0.1, -0.05) is 24.6 Å². The Morgan fingerprint density at radius 1 is 1.29 bits per heavy atom. The predicted octanol–water partition coefficient (Wildman–Crippen LogP) is 3.03. The summed E-state index contributed by atoms with van der Waals surface area (Å²) in [7, 11) is 0. The largest absolute Gasteiger partial charge is 0.481 e. The first-order valence-electron chi connectivity index (χ1n) is 8.62. The number of amides is 1. The number of hydrogen-bond acceptors (Lipinski definition) is 2. The van der Waals surface area contributed by atoms with Gasteiger partial charge in [0.2, 0.25) is 5.91 Å². The molecule has 24 heavy (non-hydrogen) atoms. The van der Waals surface area contributed by atoms with E-state index >= 15 is 0 Å². The lowest BCUT2D eigenvalue weighted by atomic mass is 9.81. The summed E-state index contributed by atoms with van der Waals surface area (Å²) in [5, 5.41) is 13.3. The van der Waals surface area contributed by atoms with Gasteiger partial charge in [0.15, 0.2) is 0 Å². The number of aliphatic carboxylic acids is 1. The van der Waals surface area contributed by atoms with Crippen molar-refractivity contribution in [3.05, 3.63) is 35.5 Å². The second-order valence-corrected chi connectivity index (χ2v) is 6.75. The van der Waals surface area contributed by atoms with Crippen LogP contribution < -0.4 is 5.32 Å². The molecule has 1 fully saturated rings. The summed E-state index contributed by atoms with van der Waals surface area (Å²) in [6.07, 6.45) is 5.54. The fourth-order valence-electron chi connectivity index (χ4n) is 3.69. The maximum Gasteiger partial charge on any atom is 0.306 e. The molecule has 1 aliphatic carbocycles. The van der Waals surface area contributed by atoms with Crippen molar-refractivity contribution in [1.82, 2.24) is 10.3 Å². The molecule has 1 aromatic heterocycles. The van der Waals surface area contributed by atoms with Gasteiger partial charge in [0.1, 0.15) is 0 Å². The number of carbonyl (C=O) groups is 2. The van der Waals surface area contributed by atoms with Crippen LogP contribution in [0.15, 0.2) is 24.4 Å². The molecule has 3 rings (SSSR count). The Bertz CT molecular complexity index is 750. The first-order chi connectivity index (χ1) is 11.6. The Hall–Kier alpha value is -2.30. The van der Waals surface area contributed by atoms with Crippen LogP contribution in [0.1, 0.15) is 36.8 Å². The van der Waals surface area contributed by atoms with Gasteiger partial charge in [-0.05, 0) is 43.7 Å². The summed E-state index contributed by atoms with van der Waals surface area (Å²) in [6.45, 7) is 2.65. The van der Waals surface area contributed by atoms with Crippen molar-refractivity contribution in [2.75, 3.05) is 6.54 Å². The topological polar surface area (TPSA) is 82.2 Å². The van der Waals surface area contributed by atoms with Crippen LogP contribution in [0, 0.1) is 18.8 Å². The molecule has 5 nitrogen and oxygen atoms in total. The lowest BCUT2D eigenvalue weighted by molar-refractivity contribution is -0.144. The molecular weight excluding hydrogens is 304 g/mol. The number of hydrogen-bond donors (Lipinski definition) is 3. The van der Waals surface area contributed by atoms with Crippen LogP contribution in [0.4, 0.5) is 0 Å². The number of rotatable bonds is 5. The van der Waals surface area contributed by atoms with Crippen molar-refractivity contribution in [3.63, 3.8) is 0 Å². The molecule has 2 aromatic rings. The van der Waals surface area contributed by atoms with Crippen LogP contribution in [-0.2, 0) is 16.0 Å². The quantitative estimate of drug-likeness (QED) is 0.789. The number of carboxylic acid groups (broad SMARTS) is 1. The number of para-hydroxylation sites is 1. The molecule has 0 radical (unpaired) electrons. The number of nitrogens with one attached hydrogen (secondary N) is 2. The zero-order valence-corrected chi connectivity index (χ0v) is 14.0. The van der Waals surface area contributed by atoms with Gasteiger partial charge in [-0.15, -0.1) is 0 Å². The Balaban J connectivity index is 1.55. The molecule has 0 bridgehead atoms. The van der Waals surface area contributed by atoms with E-state index in [0.717, 1.165) is 24.8 Å². The molecule has 2 unspecified atom stereocenters. The van der Waals surface area contributed by atoms with Crippen molar-refractivity contribution in [2.45, 2.75) is 39.0 Å². The molecule has 0 aliphatic heterocycles. The lowest BCUT2D eigenvalue weighted by Crippen LogP contribution is -2.36. The minimum absolute atomic E-state index is 0.00280. The third-order valence-electron chi connectivity index (χ3n) is 5.10. The summed E-state index contributed by atoms with van der Waals surface area (Å²) < 4.78 is 0. The van der Waals surface area contributed by atoms with Gasteiger partial charge >= 0.3 is 5.97 Å². The average molecular weight is 328 g/mol. The van der Waals surface area contributed by atoms with Crippen LogP contribution in [0.5, 0.6) is 0 Å². The molecule has 3 N–H and O–H groups in total. The van der Waals surface area contributed by atoms with Crippen LogP contribution in [0.3, 0.4) is 0 Å². The van der Waals surface area contributed by atoms with Crippen LogP contribution in [0.2, 0.25) is 0 Å². The van der Waals surface area contributed by atoms with Crippen molar-refractivity contribution in [3.8, 4) is 0 Å². The van der Waals surface area contributed by atoms with E-state index in [4.69, 9.17) is 5.11 Å². The number of fused-ring (bicyclic) bond motifs is 1. The number of benzene rings is 1. The zero-order chi connectivity index (χ0) is 17.1. The molecule has 1 aliphatic rings. The number of aromatic nitrogens is 1. The van der Waals surface area contributed by atoms with E-state index in [-0.39, 0.29) is 17.7 Å². The zero-order valence-electron chi connectivity index (χ0n) is 14.0. The predicted molar refractivity (Wildman–Crippen MR) is 92.8 cm³/mol. The van der Waals surface area contributed by atoms with E-state index in [1.165, 1.54) is 16.5 Å². The van der Waals surface area contributed by atoms with E-state index in [1.807, 2.05) is 12.3 Å². The minimum Gasteiger partial charge on any atom is -0.481 e. The second kappa shape index (κ2) is 7.07. The number of H-pyrrole nitrogens is 1. The molecule has 1 saturated carbocycles. The summed E-state index contributed by atoms with van der Waals surface area (Å²) in [4.78, 5) is 26.7. The minimum atomic E-state index is -0.776. The van der Waals surface area contributed by atoms with Crippen molar-refractivity contribution >= 4 is 22.8 Å². The Morgan fingerprint density at radius 2 is 2.08 bits per heavy atom. The van der Waals surface area contributed by atoms with Crippen molar-refractivity contribution < 1.29 is 14.7 Å². The van der Waals surface area contributed by atoms with Crippen LogP contribution >= 0.6 is 0 Å². The maximum absolute atomic E-state index is 12.3. The van der Waals surface area contributed by atoms with Gasteiger partial charge in [0.05, 0.1) is 5.92 Å². The molecule has 128 valence electrons. The van der Waals surface area contributed by atoms with E-state index in [2.05, 4.69) is 29.4 Å². The highest BCUT2D eigenvalue weighted by Crippen LogP contribution is 2.29. The van der Waals surface area contributed by atoms with Crippen molar-refractivity contribution in [1.29, 1.82) is 0 Å². The average Bonchev–Trinajstić information content (AvgIpc) is 2.99. The fraction of sp³-hybridized carbons (Fsp3) is 0.474. The second-order valence-electron chi connectivity index (χ2n) is 6.75. The third-order valence-corrected chi connectivity index (χ3v) is 5.10. The molecular formula is C19H24N2O3. The number of carboxylic acids is 1. The molecule has 1 amide bonds. The molecule has 2 atom stereocenters. The first kappa shape index (κ1) is 16.6. The lowest BCUT2D eigenvalue weighted by Gasteiger charge is -2.25. The molecule has 5 heteroatoms. The summed E-state index contributed by atoms with van der Waals surface area (Å²) in [5.41, 5.74) is 3.56. The van der Waals surface area contributed by atoms with Crippen molar-refractivity contribution in [2.24, 2.45) is 11.8 Å². The van der Waals surface area contributed by atoms with E-state index in [1.54, 1.807) is 0 Å². The number of aromatic amines is 1. The number of aryl methyl sites for hydroxylation is 1. The Kier molecular flexibility index (Phi) is 4.88.